The van der Waals surface area contributed by atoms with Crippen molar-refractivity contribution in [3.63, 3.8) is 0 Å². The molecule has 7 nitrogen and oxygen atoms in total. The standard InChI is InChI=1S/C27H30FN5O2/c1-19-7-5-10-23(20(19)2)31-27(35)26(34)30-18-25(21-8-6-12-29-17-21)33-15-13-32(14-16-33)24-11-4-3-9-22(24)28/h3-12,17,25H,13-16,18H2,1-2H3,(H,30,34)(H,31,35)/t25-/m0/s1. The zero-order valence-electron chi connectivity index (χ0n) is 20.0. The maximum Gasteiger partial charge on any atom is 0.313 e. The van der Waals surface area contributed by atoms with E-state index in [4.69, 9.17) is 0 Å². The molecule has 35 heavy (non-hydrogen) atoms. The van der Waals surface area contributed by atoms with E-state index in [1.807, 2.05) is 49.1 Å². The Labute approximate surface area is 205 Å². The summed E-state index contributed by atoms with van der Waals surface area (Å²) in [6.45, 7) is 6.77. The topological polar surface area (TPSA) is 77.6 Å². The average molecular weight is 476 g/mol. The summed E-state index contributed by atoms with van der Waals surface area (Å²) >= 11 is 0. The molecule has 1 fully saturated rings. The van der Waals surface area contributed by atoms with Gasteiger partial charge in [-0.05, 0) is 54.8 Å². The number of aromatic nitrogens is 1. The van der Waals surface area contributed by atoms with E-state index in [1.54, 1.807) is 30.6 Å². The van der Waals surface area contributed by atoms with Gasteiger partial charge in [0, 0.05) is 50.8 Å². The lowest BCUT2D eigenvalue weighted by Crippen LogP contribution is -2.50. The van der Waals surface area contributed by atoms with Crippen LogP contribution in [0.25, 0.3) is 0 Å². The fourth-order valence-electron chi connectivity index (χ4n) is 4.35. The number of nitrogens with zero attached hydrogens (tertiary/aromatic N) is 3. The number of halogens is 1. The molecule has 1 aliphatic rings. The molecule has 2 heterocycles. The molecule has 0 spiro atoms. The fraction of sp³-hybridized carbons (Fsp3) is 0.296. The second-order valence-electron chi connectivity index (χ2n) is 8.69. The first-order valence-corrected chi connectivity index (χ1v) is 11.7. The summed E-state index contributed by atoms with van der Waals surface area (Å²) in [5, 5.41) is 5.49. The lowest BCUT2D eigenvalue weighted by molar-refractivity contribution is -0.136. The molecule has 1 aliphatic heterocycles. The Morgan fingerprint density at radius 1 is 0.971 bits per heavy atom. The van der Waals surface area contributed by atoms with Crippen LogP contribution in [0.4, 0.5) is 15.8 Å². The van der Waals surface area contributed by atoms with Crippen molar-refractivity contribution in [3.8, 4) is 0 Å². The predicted molar refractivity (Wildman–Crippen MR) is 135 cm³/mol. The van der Waals surface area contributed by atoms with Gasteiger partial charge < -0.3 is 15.5 Å². The predicted octanol–water partition coefficient (Wildman–Crippen LogP) is 3.46. The zero-order chi connectivity index (χ0) is 24.8. The van der Waals surface area contributed by atoms with Crippen LogP contribution < -0.4 is 15.5 Å². The molecule has 4 rings (SSSR count). The number of pyridine rings is 1. The van der Waals surface area contributed by atoms with Crippen molar-refractivity contribution in [2.45, 2.75) is 19.9 Å². The minimum Gasteiger partial charge on any atom is -0.367 e. The van der Waals surface area contributed by atoms with E-state index in [-0.39, 0.29) is 18.4 Å². The van der Waals surface area contributed by atoms with Gasteiger partial charge in [0.05, 0.1) is 11.7 Å². The van der Waals surface area contributed by atoms with Crippen molar-refractivity contribution in [3.05, 3.63) is 89.5 Å². The summed E-state index contributed by atoms with van der Waals surface area (Å²) in [5.41, 5.74) is 4.13. The molecule has 1 aromatic heterocycles. The molecule has 1 atom stereocenters. The summed E-state index contributed by atoms with van der Waals surface area (Å²) < 4.78 is 14.2. The van der Waals surface area contributed by atoms with E-state index in [0.717, 1.165) is 16.7 Å². The van der Waals surface area contributed by atoms with Gasteiger partial charge in [0.2, 0.25) is 0 Å². The number of aryl methyl sites for hydroxylation is 1. The van der Waals surface area contributed by atoms with Crippen molar-refractivity contribution in [1.82, 2.24) is 15.2 Å². The number of carbonyl (C=O) groups is 2. The van der Waals surface area contributed by atoms with Crippen molar-refractivity contribution in [2.75, 3.05) is 42.9 Å². The van der Waals surface area contributed by atoms with Gasteiger partial charge in [0.1, 0.15) is 5.82 Å². The molecule has 0 bridgehead atoms. The van der Waals surface area contributed by atoms with Crippen molar-refractivity contribution in [1.29, 1.82) is 0 Å². The first-order valence-electron chi connectivity index (χ1n) is 11.7. The molecule has 8 heteroatoms. The number of rotatable bonds is 6. The quantitative estimate of drug-likeness (QED) is 0.534. The van der Waals surface area contributed by atoms with Crippen LogP contribution in [0.3, 0.4) is 0 Å². The van der Waals surface area contributed by atoms with Crippen molar-refractivity contribution >= 4 is 23.2 Å². The third-order valence-electron chi connectivity index (χ3n) is 6.53. The van der Waals surface area contributed by atoms with Gasteiger partial charge in [-0.1, -0.05) is 30.3 Å². The molecule has 0 radical (unpaired) electrons. The third-order valence-corrected chi connectivity index (χ3v) is 6.53. The summed E-state index contributed by atoms with van der Waals surface area (Å²) in [7, 11) is 0. The van der Waals surface area contributed by atoms with Gasteiger partial charge in [-0.3, -0.25) is 19.5 Å². The van der Waals surface area contributed by atoms with Crippen LogP contribution in [-0.2, 0) is 9.59 Å². The van der Waals surface area contributed by atoms with Crippen LogP contribution in [0, 0.1) is 19.7 Å². The second-order valence-corrected chi connectivity index (χ2v) is 8.69. The second kappa shape index (κ2) is 11.1. The zero-order valence-corrected chi connectivity index (χ0v) is 20.0. The Morgan fingerprint density at radius 2 is 1.74 bits per heavy atom. The van der Waals surface area contributed by atoms with E-state index in [1.165, 1.54) is 6.07 Å². The summed E-state index contributed by atoms with van der Waals surface area (Å²) in [6, 6.07) is 16.0. The van der Waals surface area contributed by atoms with E-state index < -0.39 is 11.8 Å². The van der Waals surface area contributed by atoms with Gasteiger partial charge in [-0.2, -0.15) is 0 Å². The Balaban J connectivity index is 1.40. The highest BCUT2D eigenvalue weighted by atomic mass is 19.1. The maximum atomic E-state index is 14.2. The summed E-state index contributed by atoms with van der Waals surface area (Å²) in [4.78, 5) is 33.7. The van der Waals surface area contributed by atoms with Crippen LogP contribution in [0.5, 0.6) is 0 Å². The Morgan fingerprint density at radius 3 is 2.46 bits per heavy atom. The van der Waals surface area contributed by atoms with Crippen LogP contribution in [0.1, 0.15) is 22.7 Å². The van der Waals surface area contributed by atoms with Crippen LogP contribution >= 0.6 is 0 Å². The molecule has 1 saturated heterocycles. The van der Waals surface area contributed by atoms with E-state index >= 15 is 0 Å². The maximum absolute atomic E-state index is 14.2. The van der Waals surface area contributed by atoms with E-state index in [9.17, 15) is 14.0 Å². The van der Waals surface area contributed by atoms with Gasteiger partial charge in [0.25, 0.3) is 0 Å². The van der Waals surface area contributed by atoms with Crippen LogP contribution in [0.2, 0.25) is 0 Å². The lowest BCUT2D eigenvalue weighted by atomic mass is 10.1. The first kappa shape index (κ1) is 24.3. The van der Waals surface area contributed by atoms with E-state index in [0.29, 0.717) is 37.6 Å². The number of para-hydroxylation sites is 1. The molecule has 2 aromatic carbocycles. The lowest BCUT2D eigenvalue weighted by Gasteiger charge is -2.40. The molecular formula is C27H30FN5O2. The number of hydrogen-bond donors (Lipinski definition) is 2. The van der Waals surface area contributed by atoms with Crippen molar-refractivity contribution in [2.24, 2.45) is 0 Å². The number of hydrogen-bond acceptors (Lipinski definition) is 5. The Kier molecular flexibility index (Phi) is 7.72. The first-order chi connectivity index (χ1) is 16.9. The van der Waals surface area contributed by atoms with Crippen LogP contribution in [-0.4, -0.2) is 54.4 Å². The average Bonchev–Trinajstić information content (AvgIpc) is 2.88. The minimum atomic E-state index is -0.701. The SMILES string of the molecule is Cc1cccc(NC(=O)C(=O)NC[C@@H](c2cccnc2)N2CCN(c3ccccc3F)CC2)c1C. The van der Waals surface area contributed by atoms with Crippen LogP contribution in [0.15, 0.2) is 67.0 Å². The number of benzene rings is 2. The minimum absolute atomic E-state index is 0.163. The highest BCUT2D eigenvalue weighted by molar-refractivity contribution is 6.39. The van der Waals surface area contributed by atoms with E-state index in [2.05, 4.69) is 20.5 Å². The Hall–Kier alpha value is -3.78. The molecule has 2 N–H and O–H groups in total. The highest BCUT2D eigenvalue weighted by Gasteiger charge is 2.27. The molecular weight excluding hydrogens is 445 g/mol. The fourth-order valence-corrected chi connectivity index (χ4v) is 4.35. The van der Waals surface area contributed by atoms with Gasteiger partial charge >= 0.3 is 11.8 Å². The smallest absolute Gasteiger partial charge is 0.313 e. The summed E-state index contributed by atoms with van der Waals surface area (Å²) in [6.07, 6.45) is 3.48. The van der Waals surface area contributed by atoms with Gasteiger partial charge in [0.15, 0.2) is 0 Å². The molecule has 2 amide bonds. The number of nitrogens with one attached hydrogen (secondary N) is 2. The van der Waals surface area contributed by atoms with Gasteiger partial charge in [-0.25, -0.2) is 4.39 Å². The highest BCUT2D eigenvalue weighted by Crippen LogP contribution is 2.25. The van der Waals surface area contributed by atoms with Crippen molar-refractivity contribution < 1.29 is 14.0 Å². The normalized spacial score (nSPS) is 14.9. The molecule has 0 saturated carbocycles. The molecule has 0 aliphatic carbocycles. The Bertz CT molecular complexity index is 1180. The number of anilines is 2. The molecule has 182 valence electrons. The third kappa shape index (κ3) is 5.84. The molecule has 0 unspecified atom stereocenters. The largest absolute Gasteiger partial charge is 0.367 e. The van der Waals surface area contributed by atoms with Gasteiger partial charge in [-0.15, -0.1) is 0 Å². The number of amides is 2. The number of carbonyl (C=O) groups excluding carboxylic acids is 2. The monoisotopic (exact) mass is 475 g/mol. The molecule has 3 aromatic rings. The number of piperazine rings is 1. The summed E-state index contributed by atoms with van der Waals surface area (Å²) in [5.74, 6) is -1.62.